The first kappa shape index (κ1) is 20.4. The van der Waals surface area contributed by atoms with Crippen LogP contribution in [-0.4, -0.2) is 12.7 Å². The van der Waals surface area contributed by atoms with Crippen LogP contribution in [0.5, 0.6) is 0 Å². The zero-order chi connectivity index (χ0) is 12.5. The second-order valence-electron chi connectivity index (χ2n) is 3.33. The van der Waals surface area contributed by atoms with Gasteiger partial charge < -0.3 is 4.74 Å². The Kier molecular flexibility index (Phi) is 32.1. The lowest BCUT2D eigenvalue weighted by atomic mass is 10.2. The highest BCUT2D eigenvalue weighted by Crippen LogP contribution is 2.02. The Morgan fingerprint density at radius 3 is 1.67 bits per heavy atom. The zero-order valence-corrected chi connectivity index (χ0v) is 12.2. The molecule has 0 aromatic heterocycles. The smallest absolute Gasteiger partial charge is 0.0518 e. The van der Waals surface area contributed by atoms with Crippen LogP contribution in [0.25, 0.3) is 0 Å². The van der Waals surface area contributed by atoms with Gasteiger partial charge in [-0.2, -0.15) is 0 Å². The van der Waals surface area contributed by atoms with Gasteiger partial charge in [-0.3, -0.25) is 0 Å². The second-order valence-corrected chi connectivity index (χ2v) is 3.33. The van der Waals surface area contributed by atoms with Gasteiger partial charge in [-0.1, -0.05) is 60.3 Å². The third-order valence-electron chi connectivity index (χ3n) is 1.70. The van der Waals surface area contributed by atoms with Crippen LogP contribution in [0.15, 0.2) is 0 Å². The lowest BCUT2D eigenvalue weighted by Crippen LogP contribution is -2.03. The first-order valence-electron chi connectivity index (χ1n) is 6.89. The average Bonchev–Trinajstić information content (AvgIpc) is 2.28. The molecule has 0 aromatic rings. The minimum absolute atomic E-state index is 0.404. The molecule has 0 unspecified atom stereocenters. The van der Waals surface area contributed by atoms with Crippen molar-refractivity contribution in [3.63, 3.8) is 0 Å². The standard InChI is InChI=1S/C10H22O.2C2H6/c1-4-5-6-7-8-9-11-10(2)3;2*1-2/h10H,4-9H2,1-3H3;2*1-2H3. The average molecular weight is 218 g/mol. The Morgan fingerprint density at radius 1 is 0.800 bits per heavy atom. The van der Waals surface area contributed by atoms with Gasteiger partial charge in [0.2, 0.25) is 0 Å². The summed E-state index contributed by atoms with van der Waals surface area (Å²) >= 11 is 0. The molecule has 0 heterocycles. The fourth-order valence-electron chi connectivity index (χ4n) is 1.02. The summed E-state index contributed by atoms with van der Waals surface area (Å²) in [5, 5.41) is 0. The third-order valence-corrected chi connectivity index (χ3v) is 1.70. The Balaban J connectivity index is -0.000000318. The molecule has 0 aliphatic heterocycles. The van der Waals surface area contributed by atoms with Crippen LogP contribution in [0.1, 0.15) is 80.6 Å². The largest absolute Gasteiger partial charge is 0.379 e. The van der Waals surface area contributed by atoms with E-state index >= 15 is 0 Å². The fraction of sp³-hybridized carbons (Fsp3) is 1.00. The van der Waals surface area contributed by atoms with Crippen molar-refractivity contribution >= 4 is 0 Å². The van der Waals surface area contributed by atoms with Gasteiger partial charge in [0.25, 0.3) is 0 Å². The van der Waals surface area contributed by atoms with Crippen molar-refractivity contribution in [1.82, 2.24) is 0 Å². The van der Waals surface area contributed by atoms with E-state index in [2.05, 4.69) is 20.8 Å². The maximum absolute atomic E-state index is 5.42. The van der Waals surface area contributed by atoms with Gasteiger partial charge in [-0.15, -0.1) is 0 Å². The lowest BCUT2D eigenvalue weighted by molar-refractivity contribution is 0.0757. The molecule has 0 radical (unpaired) electrons. The molecule has 0 saturated heterocycles. The van der Waals surface area contributed by atoms with E-state index in [1.165, 1.54) is 32.1 Å². The van der Waals surface area contributed by atoms with E-state index < -0.39 is 0 Å². The normalized spacial score (nSPS) is 8.80. The molecule has 0 bridgehead atoms. The number of hydrogen-bond acceptors (Lipinski definition) is 1. The van der Waals surface area contributed by atoms with E-state index in [4.69, 9.17) is 4.74 Å². The maximum Gasteiger partial charge on any atom is 0.0518 e. The molecule has 0 N–H and O–H groups in total. The number of unbranched alkanes of at least 4 members (excludes halogenated alkanes) is 4. The topological polar surface area (TPSA) is 9.23 Å². The quantitative estimate of drug-likeness (QED) is 0.517. The molecule has 0 rings (SSSR count). The van der Waals surface area contributed by atoms with E-state index in [-0.39, 0.29) is 0 Å². The van der Waals surface area contributed by atoms with Crippen molar-refractivity contribution < 1.29 is 4.74 Å². The van der Waals surface area contributed by atoms with Crippen molar-refractivity contribution in [1.29, 1.82) is 0 Å². The molecule has 15 heavy (non-hydrogen) atoms. The van der Waals surface area contributed by atoms with Gasteiger partial charge >= 0.3 is 0 Å². The summed E-state index contributed by atoms with van der Waals surface area (Å²) in [5.41, 5.74) is 0. The van der Waals surface area contributed by atoms with Gasteiger partial charge in [0, 0.05) is 6.61 Å². The Hall–Kier alpha value is -0.0400. The number of rotatable bonds is 7. The summed E-state index contributed by atoms with van der Waals surface area (Å²) in [6.07, 6.45) is 7.05. The summed E-state index contributed by atoms with van der Waals surface area (Å²) in [6.45, 7) is 15.4. The Bertz CT molecular complexity index is 69.7. The lowest BCUT2D eigenvalue weighted by Gasteiger charge is -2.06. The van der Waals surface area contributed by atoms with Crippen molar-refractivity contribution in [3.8, 4) is 0 Å². The monoisotopic (exact) mass is 218 g/mol. The summed E-state index contributed by atoms with van der Waals surface area (Å²) in [6, 6.07) is 0. The summed E-state index contributed by atoms with van der Waals surface area (Å²) in [7, 11) is 0. The van der Waals surface area contributed by atoms with E-state index in [0.717, 1.165) is 6.61 Å². The van der Waals surface area contributed by atoms with E-state index in [0.29, 0.717) is 6.10 Å². The molecule has 0 saturated carbocycles. The van der Waals surface area contributed by atoms with Gasteiger partial charge in [-0.25, -0.2) is 0 Å². The van der Waals surface area contributed by atoms with Crippen LogP contribution in [0.2, 0.25) is 0 Å². The molecule has 0 aliphatic rings. The molecule has 96 valence electrons. The molecule has 0 spiro atoms. The predicted molar refractivity (Wildman–Crippen MR) is 72.5 cm³/mol. The van der Waals surface area contributed by atoms with Gasteiger partial charge in [0.05, 0.1) is 6.10 Å². The zero-order valence-electron chi connectivity index (χ0n) is 12.2. The third kappa shape index (κ3) is 31.5. The van der Waals surface area contributed by atoms with Crippen LogP contribution in [0.4, 0.5) is 0 Å². The van der Waals surface area contributed by atoms with Gasteiger partial charge in [0.1, 0.15) is 0 Å². The molecule has 0 atom stereocenters. The van der Waals surface area contributed by atoms with Crippen LogP contribution >= 0.6 is 0 Å². The Morgan fingerprint density at radius 2 is 1.27 bits per heavy atom. The Labute approximate surface area is 98.6 Å². The minimum atomic E-state index is 0.404. The number of ether oxygens (including phenoxy) is 1. The molecule has 0 amide bonds. The molecule has 1 heteroatoms. The van der Waals surface area contributed by atoms with Crippen molar-refractivity contribution in [2.45, 2.75) is 86.7 Å². The van der Waals surface area contributed by atoms with Crippen LogP contribution < -0.4 is 0 Å². The van der Waals surface area contributed by atoms with Crippen molar-refractivity contribution in [2.75, 3.05) is 6.61 Å². The molecule has 0 aromatic carbocycles. The molecule has 1 nitrogen and oxygen atoms in total. The molecular weight excluding hydrogens is 184 g/mol. The molecule has 0 aliphatic carbocycles. The highest BCUT2D eigenvalue weighted by molar-refractivity contribution is 4.43. The number of hydrogen-bond donors (Lipinski definition) is 0. The highest BCUT2D eigenvalue weighted by atomic mass is 16.5. The second kappa shape index (κ2) is 23.6. The molecular formula is C14H34O. The van der Waals surface area contributed by atoms with E-state index in [1.807, 2.05) is 27.7 Å². The highest BCUT2D eigenvalue weighted by Gasteiger charge is 1.92. The van der Waals surface area contributed by atoms with E-state index in [1.54, 1.807) is 0 Å². The molecule has 0 fully saturated rings. The van der Waals surface area contributed by atoms with Gasteiger partial charge in [0.15, 0.2) is 0 Å². The van der Waals surface area contributed by atoms with Crippen molar-refractivity contribution in [3.05, 3.63) is 0 Å². The summed E-state index contributed by atoms with van der Waals surface area (Å²) in [4.78, 5) is 0. The summed E-state index contributed by atoms with van der Waals surface area (Å²) < 4.78 is 5.42. The predicted octanol–water partition coefficient (Wildman–Crippen LogP) is 5.43. The summed E-state index contributed by atoms with van der Waals surface area (Å²) in [5.74, 6) is 0. The SMILES string of the molecule is CC.CC.CCCCCCCOC(C)C. The maximum atomic E-state index is 5.42. The first-order chi connectivity index (χ1) is 7.27. The minimum Gasteiger partial charge on any atom is -0.379 e. The van der Waals surface area contributed by atoms with E-state index in [9.17, 15) is 0 Å². The fourth-order valence-corrected chi connectivity index (χ4v) is 1.02. The van der Waals surface area contributed by atoms with Crippen LogP contribution in [0.3, 0.4) is 0 Å². The van der Waals surface area contributed by atoms with Gasteiger partial charge in [-0.05, 0) is 20.3 Å². The van der Waals surface area contributed by atoms with Crippen LogP contribution in [-0.2, 0) is 4.74 Å². The van der Waals surface area contributed by atoms with Crippen molar-refractivity contribution in [2.24, 2.45) is 0 Å². The first-order valence-corrected chi connectivity index (χ1v) is 6.89. The van der Waals surface area contributed by atoms with Crippen LogP contribution in [0, 0.1) is 0 Å².